The van der Waals surface area contributed by atoms with Gasteiger partial charge in [0.15, 0.2) is 11.5 Å². The van der Waals surface area contributed by atoms with Gasteiger partial charge in [0, 0.05) is 19.6 Å². The molecule has 0 aliphatic carbocycles. The van der Waals surface area contributed by atoms with Gasteiger partial charge in [-0.2, -0.15) is 0 Å². The zero-order valence-electron chi connectivity index (χ0n) is 19.0. The van der Waals surface area contributed by atoms with E-state index in [0.29, 0.717) is 47.2 Å². The number of methoxy groups -OCH3 is 2. The highest BCUT2D eigenvalue weighted by Crippen LogP contribution is 2.37. The molecule has 168 valence electrons. The van der Waals surface area contributed by atoms with Crippen molar-refractivity contribution in [1.82, 2.24) is 9.80 Å². The van der Waals surface area contributed by atoms with Crippen LogP contribution in [-0.2, 0) is 16.0 Å². The van der Waals surface area contributed by atoms with Crippen LogP contribution >= 0.6 is 0 Å². The first kappa shape index (κ1) is 21.9. The summed E-state index contributed by atoms with van der Waals surface area (Å²) in [5.74, 6) is 1.30. The molecule has 2 aliphatic rings. The number of likely N-dealkylation sites (tertiary alicyclic amines) is 1. The second-order valence-corrected chi connectivity index (χ2v) is 8.46. The molecule has 1 saturated heterocycles. The van der Waals surface area contributed by atoms with Crippen LogP contribution in [0.4, 0.5) is 0 Å². The number of imide groups is 1. The second-order valence-electron chi connectivity index (χ2n) is 8.46. The standard InChI is InChI=1S/C26H30N2O4/c1-18-11-14-27(15-12-18)24-23(20-9-10-21(31-2)22(17-20)32-3)25(29)28(26(24)30)16-13-19-7-5-4-6-8-19/h4-10,17-18H,11-16H2,1-3H3. The molecule has 2 heterocycles. The van der Waals surface area contributed by atoms with E-state index in [2.05, 4.69) is 11.8 Å². The third-order valence-electron chi connectivity index (χ3n) is 6.38. The van der Waals surface area contributed by atoms with Gasteiger partial charge in [0.25, 0.3) is 11.8 Å². The van der Waals surface area contributed by atoms with E-state index in [1.54, 1.807) is 26.4 Å². The Hall–Kier alpha value is -3.28. The van der Waals surface area contributed by atoms with Gasteiger partial charge in [-0.1, -0.05) is 43.3 Å². The predicted octanol–water partition coefficient (Wildman–Crippen LogP) is 3.76. The maximum Gasteiger partial charge on any atom is 0.277 e. The van der Waals surface area contributed by atoms with Crippen molar-refractivity contribution in [3.63, 3.8) is 0 Å². The van der Waals surface area contributed by atoms with Gasteiger partial charge >= 0.3 is 0 Å². The van der Waals surface area contributed by atoms with E-state index < -0.39 is 0 Å². The molecule has 2 aromatic rings. The lowest BCUT2D eigenvalue weighted by Gasteiger charge is -2.32. The van der Waals surface area contributed by atoms with Crippen molar-refractivity contribution in [1.29, 1.82) is 0 Å². The van der Waals surface area contributed by atoms with Crippen molar-refractivity contribution in [2.75, 3.05) is 33.9 Å². The summed E-state index contributed by atoms with van der Waals surface area (Å²) >= 11 is 0. The summed E-state index contributed by atoms with van der Waals surface area (Å²) in [5, 5.41) is 0. The summed E-state index contributed by atoms with van der Waals surface area (Å²) in [6.45, 7) is 4.14. The minimum atomic E-state index is -0.244. The largest absolute Gasteiger partial charge is 0.493 e. The lowest BCUT2D eigenvalue weighted by atomic mass is 9.97. The number of amides is 2. The van der Waals surface area contributed by atoms with Crippen LogP contribution in [0.5, 0.6) is 11.5 Å². The number of piperidine rings is 1. The van der Waals surface area contributed by atoms with Crippen molar-refractivity contribution in [3.8, 4) is 11.5 Å². The molecule has 0 bridgehead atoms. The van der Waals surface area contributed by atoms with Gasteiger partial charge in [-0.15, -0.1) is 0 Å². The molecule has 4 rings (SSSR count). The summed E-state index contributed by atoms with van der Waals surface area (Å²) in [6, 6.07) is 15.3. The van der Waals surface area contributed by atoms with E-state index in [0.717, 1.165) is 31.5 Å². The average molecular weight is 435 g/mol. The van der Waals surface area contributed by atoms with Gasteiger partial charge in [-0.25, -0.2) is 0 Å². The number of rotatable bonds is 7. The number of nitrogens with zero attached hydrogens (tertiary/aromatic N) is 2. The number of hydrogen-bond donors (Lipinski definition) is 0. The molecule has 0 atom stereocenters. The molecule has 0 unspecified atom stereocenters. The summed E-state index contributed by atoms with van der Waals surface area (Å²) < 4.78 is 10.8. The molecule has 2 aromatic carbocycles. The summed E-state index contributed by atoms with van der Waals surface area (Å²) in [5.41, 5.74) is 2.75. The van der Waals surface area contributed by atoms with Crippen molar-refractivity contribution in [3.05, 3.63) is 65.4 Å². The highest BCUT2D eigenvalue weighted by Gasteiger charge is 2.42. The lowest BCUT2D eigenvalue weighted by molar-refractivity contribution is -0.137. The van der Waals surface area contributed by atoms with Gasteiger partial charge in [0.05, 0.1) is 19.8 Å². The number of benzene rings is 2. The number of carbonyl (C=O) groups excluding carboxylic acids is 2. The number of ether oxygens (including phenoxy) is 2. The Morgan fingerprint density at radius 2 is 1.59 bits per heavy atom. The van der Waals surface area contributed by atoms with Crippen molar-refractivity contribution in [2.24, 2.45) is 5.92 Å². The van der Waals surface area contributed by atoms with Crippen LogP contribution in [0.15, 0.2) is 54.2 Å². The summed E-state index contributed by atoms with van der Waals surface area (Å²) in [4.78, 5) is 30.6. The predicted molar refractivity (Wildman–Crippen MR) is 123 cm³/mol. The molecule has 1 fully saturated rings. The summed E-state index contributed by atoms with van der Waals surface area (Å²) in [6.07, 6.45) is 2.64. The van der Waals surface area contributed by atoms with E-state index in [1.165, 1.54) is 4.90 Å². The molecule has 2 aliphatic heterocycles. The zero-order valence-corrected chi connectivity index (χ0v) is 19.0. The average Bonchev–Trinajstić information content (AvgIpc) is 3.07. The van der Waals surface area contributed by atoms with Gasteiger partial charge in [0.1, 0.15) is 5.70 Å². The Labute approximate surface area is 189 Å². The number of hydrogen-bond acceptors (Lipinski definition) is 5. The third kappa shape index (κ3) is 4.22. The van der Waals surface area contributed by atoms with Crippen LogP contribution in [0.3, 0.4) is 0 Å². The van der Waals surface area contributed by atoms with E-state index in [1.807, 2.05) is 36.4 Å². The summed E-state index contributed by atoms with van der Waals surface area (Å²) in [7, 11) is 3.14. The maximum absolute atomic E-state index is 13.6. The Kier molecular flexibility index (Phi) is 6.49. The van der Waals surface area contributed by atoms with Crippen molar-refractivity contribution < 1.29 is 19.1 Å². The lowest BCUT2D eigenvalue weighted by Crippen LogP contribution is -2.39. The minimum Gasteiger partial charge on any atom is -0.493 e. The quantitative estimate of drug-likeness (QED) is 0.621. The first-order valence-electron chi connectivity index (χ1n) is 11.1. The van der Waals surface area contributed by atoms with Gasteiger partial charge in [-0.05, 0) is 48.4 Å². The van der Waals surface area contributed by atoms with Crippen LogP contribution in [0.25, 0.3) is 5.57 Å². The fraction of sp³-hybridized carbons (Fsp3) is 0.385. The topological polar surface area (TPSA) is 59.1 Å². The highest BCUT2D eigenvalue weighted by atomic mass is 16.5. The van der Waals surface area contributed by atoms with Crippen LogP contribution in [0.1, 0.15) is 30.9 Å². The second kappa shape index (κ2) is 9.47. The first-order chi connectivity index (χ1) is 15.5. The van der Waals surface area contributed by atoms with E-state index in [9.17, 15) is 9.59 Å². The van der Waals surface area contributed by atoms with Crippen LogP contribution in [0.2, 0.25) is 0 Å². The molecule has 0 aromatic heterocycles. The SMILES string of the molecule is COc1ccc(C2=C(N3CCC(C)CC3)C(=O)N(CCc3ccccc3)C2=O)cc1OC. The fourth-order valence-electron chi connectivity index (χ4n) is 4.43. The molecular weight excluding hydrogens is 404 g/mol. The Morgan fingerprint density at radius 1 is 0.906 bits per heavy atom. The third-order valence-corrected chi connectivity index (χ3v) is 6.38. The molecule has 6 nitrogen and oxygen atoms in total. The van der Waals surface area contributed by atoms with Crippen LogP contribution in [-0.4, -0.2) is 55.5 Å². The normalized spacial score (nSPS) is 17.3. The van der Waals surface area contributed by atoms with Gasteiger partial charge in [0.2, 0.25) is 0 Å². The Balaban J connectivity index is 1.69. The molecule has 0 radical (unpaired) electrons. The minimum absolute atomic E-state index is 0.203. The van der Waals surface area contributed by atoms with Crippen molar-refractivity contribution in [2.45, 2.75) is 26.2 Å². The molecule has 6 heteroatoms. The molecule has 2 amide bonds. The number of carbonyl (C=O) groups is 2. The highest BCUT2D eigenvalue weighted by molar-refractivity contribution is 6.35. The van der Waals surface area contributed by atoms with E-state index >= 15 is 0 Å². The maximum atomic E-state index is 13.6. The van der Waals surface area contributed by atoms with Crippen LogP contribution in [0, 0.1) is 5.92 Å². The smallest absolute Gasteiger partial charge is 0.277 e. The molecule has 32 heavy (non-hydrogen) atoms. The zero-order chi connectivity index (χ0) is 22.7. The monoisotopic (exact) mass is 434 g/mol. The van der Waals surface area contributed by atoms with E-state index in [4.69, 9.17) is 9.47 Å². The van der Waals surface area contributed by atoms with Crippen molar-refractivity contribution >= 4 is 17.4 Å². The Morgan fingerprint density at radius 3 is 2.25 bits per heavy atom. The molecule has 0 spiro atoms. The first-order valence-corrected chi connectivity index (χ1v) is 11.1. The molecule has 0 saturated carbocycles. The Bertz CT molecular complexity index is 1020. The fourth-order valence-corrected chi connectivity index (χ4v) is 4.43. The van der Waals surface area contributed by atoms with E-state index in [-0.39, 0.29) is 11.8 Å². The molecule has 0 N–H and O–H groups in total. The van der Waals surface area contributed by atoms with Gasteiger partial charge in [-0.3, -0.25) is 14.5 Å². The molecular formula is C26H30N2O4. The van der Waals surface area contributed by atoms with Crippen LogP contribution < -0.4 is 9.47 Å². The van der Waals surface area contributed by atoms with Gasteiger partial charge < -0.3 is 14.4 Å².